The summed E-state index contributed by atoms with van der Waals surface area (Å²) in [5.74, 6) is 0. The van der Waals surface area contributed by atoms with Crippen molar-refractivity contribution in [2.24, 2.45) is 0 Å². The number of hydrogen-bond acceptors (Lipinski definition) is 1. The zero-order valence-electron chi connectivity index (χ0n) is 9.02. The molecule has 0 bridgehead atoms. The van der Waals surface area contributed by atoms with Crippen LogP contribution in [-0.4, -0.2) is 10.9 Å². The van der Waals surface area contributed by atoms with E-state index in [-0.39, 0.29) is 0 Å². The van der Waals surface area contributed by atoms with Crippen molar-refractivity contribution in [2.45, 2.75) is 38.4 Å². The fourth-order valence-electron chi connectivity index (χ4n) is 2.73. The van der Waals surface area contributed by atoms with Gasteiger partial charge in [-0.15, -0.1) is 0 Å². The topological polar surface area (TPSA) is 3.24 Å². The molecule has 1 aliphatic heterocycles. The fraction of sp³-hybridized carbons (Fsp3) is 0.429. The van der Waals surface area contributed by atoms with Gasteiger partial charge in [-0.25, -0.2) is 0 Å². The summed E-state index contributed by atoms with van der Waals surface area (Å²) in [4.78, 5) is 2.63. The highest BCUT2D eigenvalue weighted by molar-refractivity contribution is 5.30. The Bertz CT molecular complexity index is 356. The summed E-state index contributed by atoms with van der Waals surface area (Å²) >= 11 is 0. The van der Waals surface area contributed by atoms with Gasteiger partial charge in [0.15, 0.2) is 0 Å². The molecule has 1 aromatic carbocycles. The van der Waals surface area contributed by atoms with E-state index in [2.05, 4.69) is 41.3 Å². The maximum absolute atomic E-state index is 2.63. The van der Waals surface area contributed by atoms with Crippen LogP contribution in [0.15, 0.2) is 36.4 Å². The van der Waals surface area contributed by atoms with Crippen LogP contribution in [0.5, 0.6) is 0 Å². The third-order valence-electron chi connectivity index (χ3n) is 3.62. The Balaban J connectivity index is 1.75. The van der Waals surface area contributed by atoms with E-state index >= 15 is 0 Å². The van der Waals surface area contributed by atoms with Crippen LogP contribution >= 0.6 is 0 Å². The zero-order chi connectivity index (χ0) is 10.1. The summed E-state index contributed by atoms with van der Waals surface area (Å²) in [6, 6.07) is 9.64. The Morgan fingerprint density at radius 2 is 1.73 bits per heavy atom. The van der Waals surface area contributed by atoms with Gasteiger partial charge in [0.1, 0.15) is 0 Å². The summed E-state index contributed by atoms with van der Waals surface area (Å²) in [6.07, 6.45) is 8.51. The SMILES string of the molecule is C1=CCC(N2Cc3ccccc3C2)CC1. The monoisotopic (exact) mass is 199 g/mol. The molecule has 0 spiro atoms. The van der Waals surface area contributed by atoms with Crippen molar-refractivity contribution in [2.75, 3.05) is 0 Å². The van der Waals surface area contributed by atoms with E-state index in [4.69, 9.17) is 0 Å². The third kappa shape index (κ3) is 1.72. The number of benzene rings is 1. The molecule has 1 heteroatoms. The predicted molar refractivity (Wildman–Crippen MR) is 62.5 cm³/mol. The second-order valence-corrected chi connectivity index (χ2v) is 4.61. The molecule has 1 unspecified atom stereocenters. The highest BCUT2D eigenvalue weighted by Crippen LogP contribution is 2.28. The number of hydrogen-bond donors (Lipinski definition) is 0. The molecule has 0 N–H and O–H groups in total. The third-order valence-corrected chi connectivity index (χ3v) is 3.62. The highest BCUT2D eigenvalue weighted by atomic mass is 15.2. The van der Waals surface area contributed by atoms with E-state index in [1.165, 1.54) is 30.4 Å². The molecule has 2 aliphatic rings. The zero-order valence-corrected chi connectivity index (χ0v) is 9.02. The number of fused-ring (bicyclic) bond motifs is 1. The van der Waals surface area contributed by atoms with E-state index < -0.39 is 0 Å². The van der Waals surface area contributed by atoms with E-state index in [0.29, 0.717) is 0 Å². The van der Waals surface area contributed by atoms with Crippen molar-refractivity contribution in [3.05, 3.63) is 47.5 Å². The molecular weight excluding hydrogens is 182 g/mol. The number of allylic oxidation sites excluding steroid dienone is 1. The van der Waals surface area contributed by atoms with Gasteiger partial charge in [0.25, 0.3) is 0 Å². The van der Waals surface area contributed by atoms with Gasteiger partial charge >= 0.3 is 0 Å². The van der Waals surface area contributed by atoms with Crippen LogP contribution in [0.2, 0.25) is 0 Å². The molecule has 0 radical (unpaired) electrons. The standard InChI is InChI=1S/C14H17N/c1-2-8-14(9-3-1)15-10-12-6-4-5-7-13(12)11-15/h1-2,4-7,14H,3,8-11H2. The predicted octanol–water partition coefficient (Wildman–Crippen LogP) is 3.11. The molecule has 3 rings (SSSR count). The maximum atomic E-state index is 2.63. The molecular formula is C14H17N. The quantitative estimate of drug-likeness (QED) is 0.628. The number of nitrogens with zero attached hydrogens (tertiary/aromatic N) is 1. The molecule has 78 valence electrons. The first-order chi connectivity index (χ1) is 7.43. The minimum absolute atomic E-state index is 0.780. The van der Waals surface area contributed by atoms with Gasteiger partial charge in [0.05, 0.1) is 0 Å². The Hall–Kier alpha value is -1.08. The lowest BCUT2D eigenvalue weighted by Gasteiger charge is -2.28. The van der Waals surface area contributed by atoms with Crippen molar-refractivity contribution in [3.63, 3.8) is 0 Å². The normalized spacial score (nSPS) is 25.5. The Labute approximate surface area is 91.4 Å². The minimum atomic E-state index is 0.780. The van der Waals surface area contributed by atoms with Crippen molar-refractivity contribution in [3.8, 4) is 0 Å². The molecule has 1 heterocycles. The van der Waals surface area contributed by atoms with E-state index in [1.807, 2.05) is 0 Å². The van der Waals surface area contributed by atoms with Crippen LogP contribution in [0.25, 0.3) is 0 Å². The Morgan fingerprint density at radius 1 is 1.00 bits per heavy atom. The van der Waals surface area contributed by atoms with E-state index in [1.54, 1.807) is 0 Å². The molecule has 1 aromatic rings. The van der Waals surface area contributed by atoms with Crippen molar-refractivity contribution in [1.29, 1.82) is 0 Å². The molecule has 15 heavy (non-hydrogen) atoms. The summed E-state index contributed by atoms with van der Waals surface area (Å²) in [5.41, 5.74) is 3.07. The molecule has 0 saturated carbocycles. The summed E-state index contributed by atoms with van der Waals surface area (Å²) in [5, 5.41) is 0. The Morgan fingerprint density at radius 3 is 2.33 bits per heavy atom. The molecule has 0 saturated heterocycles. The van der Waals surface area contributed by atoms with Crippen LogP contribution < -0.4 is 0 Å². The van der Waals surface area contributed by atoms with Crippen LogP contribution in [0.3, 0.4) is 0 Å². The van der Waals surface area contributed by atoms with Gasteiger partial charge < -0.3 is 0 Å². The van der Waals surface area contributed by atoms with Crippen molar-refractivity contribution in [1.82, 2.24) is 4.90 Å². The van der Waals surface area contributed by atoms with Gasteiger partial charge in [-0.05, 0) is 30.4 Å². The first-order valence-corrected chi connectivity index (χ1v) is 5.89. The van der Waals surface area contributed by atoms with Gasteiger partial charge in [0, 0.05) is 19.1 Å². The van der Waals surface area contributed by atoms with E-state index in [0.717, 1.165) is 19.1 Å². The van der Waals surface area contributed by atoms with Gasteiger partial charge in [-0.3, -0.25) is 4.90 Å². The lowest BCUT2D eigenvalue weighted by molar-refractivity contribution is 0.186. The molecule has 0 fully saturated rings. The molecule has 0 aromatic heterocycles. The van der Waals surface area contributed by atoms with Crippen LogP contribution in [0.1, 0.15) is 30.4 Å². The minimum Gasteiger partial charge on any atom is -0.292 e. The summed E-state index contributed by atoms with van der Waals surface area (Å²) in [6.45, 7) is 2.32. The first kappa shape index (κ1) is 9.17. The van der Waals surface area contributed by atoms with Crippen LogP contribution in [-0.2, 0) is 13.1 Å². The molecule has 1 aliphatic carbocycles. The summed E-state index contributed by atoms with van der Waals surface area (Å²) < 4.78 is 0. The van der Waals surface area contributed by atoms with Crippen molar-refractivity contribution < 1.29 is 0 Å². The maximum Gasteiger partial charge on any atom is 0.0243 e. The lowest BCUT2D eigenvalue weighted by Crippen LogP contribution is -2.31. The average Bonchev–Trinajstić information content (AvgIpc) is 2.74. The molecule has 1 atom stereocenters. The largest absolute Gasteiger partial charge is 0.292 e. The Kier molecular flexibility index (Phi) is 2.34. The average molecular weight is 199 g/mol. The second kappa shape index (κ2) is 3.82. The number of rotatable bonds is 1. The van der Waals surface area contributed by atoms with Crippen molar-refractivity contribution >= 4 is 0 Å². The molecule has 1 nitrogen and oxygen atoms in total. The smallest absolute Gasteiger partial charge is 0.0243 e. The lowest BCUT2D eigenvalue weighted by atomic mass is 10.0. The fourth-order valence-corrected chi connectivity index (χ4v) is 2.73. The summed E-state index contributed by atoms with van der Waals surface area (Å²) in [7, 11) is 0. The molecule has 0 amide bonds. The second-order valence-electron chi connectivity index (χ2n) is 4.61. The van der Waals surface area contributed by atoms with Gasteiger partial charge in [-0.2, -0.15) is 0 Å². The van der Waals surface area contributed by atoms with Gasteiger partial charge in [0.2, 0.25) is 0 Å². The van der Waals surface area contributed by atoms with E-state index in [9.17, 15) is 0 Å². The van der Waals surface area contributed by atoms with Gasteiger partial charge in [-0.1, -0.05) is 36.4 Å². The highest BCUT2D eigenvalue weighted by Gasteiger charge is 2.25. The first-order valence-electron chi connectivity index (χ1n) is 5.89. The van der Waals surface area contributed by atoms with Crippen LogP contribution in [0, 0.1) is 0 Å². The van der Waals surface area contributed by atoms with Crippen LogP contribution in [0.4, 0.5) is 0 Å².